The number of hydrogen-bond donors (Lipinski definition) is 1. The van der Waals surface area contributed by atoms with Crippen LogP contribution in [0.5, 0.6) is 0 Å². The first kappa shape index (κ1) is 16.0. The minimum atomic E-state index is -0.114. The van der Waals surface area contributed by atoms with Crippen molar-refractivity contribution in [2.45, 2.75) is 24.7 Å². The zero-order chi connectivity index (χ0) is 17.6. The van der Waals surface area contributed by atoms with Crippen LogP contribution in [-0.4, -0.2) is 23.0 Å². The number of oxime groups is 1. The van der Waals surface area contributed by atoms with E-state index in [0.717, 1.165) is 23.4 Å². The molecule has 0 saturated heterocycles. The molecule has 4 nitrogen and oxygen atoms in total. The van der Waals surface area contributed by atoms with Gasteiger partial charge in [0.05, 0.1) is 5.41 Å². The van der Waals surface area contributed by atoms with Gasteiger partial charge < -0.3 is 4.84 Å². The maximum absolute atomic E-state index is 5.09. The van der Waals surface area contributed by atoms with E-state index < -0.39 is 0 Å². The van der Waals surface area contributed by atoms with E-state index >= 15 is 0 Å². The molecule has 0 amide bonds. The number of nitrogens with zero attached hydrogens (tertiary/aromatic N) is 2. The van der Waals surface area contributed by atoms with Crippen molar-refractivity contribution in [1.29, 1.82) is 0 Å². The highest BCUT2D eigenvalue weighted by atomic mass is 32.1. The first-order valence-electron chi connectivity index (χ1n) is 8.77. The molecule has 1 N–H and O–H groups in total. The molecule has 132 valence electrons. The van der Waals surface area contributed by atoms with Gasteiger partial charge in [-0.2, -0.15) is 5.10 Å². The Kier molecular flexibility index (Phi) is 3.83. The average molecular weight is 382 g/mol. The maximum Gasteiger partial charge on any atom is 0.117 e. The number of rotatable bonds is 5. The number of thiophene rings is 2. The van der Waals surface area contributed by atoms with Gasteiger partial charge in [-0.05, 0) is 35.7 Å². The summed E-state index contributed by atoms with van der Waals surface area (Å²) >= 11 is 3.63. The SMILES string of the molecule is CON=C(c1n[nH]c2c1C=CC(c1cccs1)(c1cccs1)C2)C1CC1. The number of aromatic nitrogens is 2. The Hall–Kier alpha value is -2.18. The van der Waals surface area contributed by atoms with Crippen LogP contribution >= 0.6 is 22.7 Å². The van der Waals surface area contributed by atoms with Crippen molar-refractivity contribution in [1.82, 2.24) is 10.2 Å². The summed E-state index contributed by atoms with van der Waals surface area (Å²) < 4.78 is 0. The Bertz CT molecular complexity index is 929. The van der Waals surface area contributed by atoms with Gasteiger partial charge in [-0.15, -0.1) is 22.7 Å². The number of allylic oxidation sites excluding steroid dienone is 1. The first-order chi connectivity index (χ1) is 12.8. The van der Waals surface area contributed by atoms with Gasteiger partial charge in [0.15, 0.2) is 0 Å². The Morgan fingerprint density at radius 1 is 1.23 bits per heavy atom. The Morgan fingerprint density at radius 3 is 2.54 bits per heavy atom. The lowest BCUT2D eigenvalue weighted by Crippen LogP contribution is -2.28. The second-order valence-corrected chi connectivity index (χ2v) is 8.73. The van der Waals surface area contributed by atoms with E-state index in [9.17, 15) is 0 Å². The summed E-state index contributed by atoms with van der Waals surface area (Å²) in [5.41, 5.74) is 4.16. The van der Waals surface area contributed by atoms with Crippen LogP contribution in [0.4, 0.5) is 0 Å². The molecule has 1 fully saturated rings. The summed E-state index contributed by atoms with van der Waals surface area (Å²) in [7, 11) is 1.61. The standard InChI is InChI=1S/C20H19N3OS2/c1-24-23-18(13-6-7-13)19-14-8-9-20(12-15(14)21-22-19,16-4-2-10-25-16)17-5-3-11-26-17/h2-5,8-11,13H,6-7,12H2,1H3,(H,21,22). The normalized spacial score (nSPS) is 18.7. The van der Waals surface area contributed by atoms with Crippen molar-refractivity contribution < 1.29 is 4.84 Å². The van der Waals surface area contributed by atoms with Crippen LogP contribution in [0.2, 0.25) is 0 Å². The van der Waals surface area contributed by atoms with E-state index in [1.54, 1.807) is 7.11 Å². The minimum absolute atomic E-state index is 0.114. The fourth-order valence-electron chi connectivity index (χ4n) is 3.75. The van der Waals surface area contributed by atoms with Gasteiger partial charge in [-0.25, -0.2) is 0 Å². The second kappa shape index (κ2) is 6.21. The molecule has 3 heterocycles. The van der Waals surface area contributed by atoms with Gasteiger partial charge in [0, 0.05) is 33.4 Å². The Morgan fingerprint density at radius 2 is 1.96 bits per heavy atom. The summed E-state index contributed by atoms with van der Waals surface area (Å²) in [6.45, 7) is 0. The highest BCUT2D eigenvalue weighted by Crippen LogP contribution is 2.45. The number of fused-ring (bicyclic) bond motifs is 1. The van der Waals surface area contributed by atoms with E-state index in [1.807, 2.05) is 22.7 Å². The highest BCUT2D eigenvalue weighted by molar-refractivity contribution is 7.11. The molecule has 0 atom stereocenters. The van der Waals surface area contributed by atoms with Crippen LogP contribution < -0.4 is 0 Å². The molecule has 0 unspecified atom stereocenters. The summed E-state index contributed by atoms with van der Waals surface area (Å²) in [5.74, 6) is 0.483. The monoisotopic (exact) mass is 381 g/mol. The predicted octanol–water partition coefficient (Wildman–Crippen LogP) is 4.85. The van der Waals surface area contributed by atoms with Gasteiger partial charge in [-0.1, -0.05) is 29.4 Å². The summed E-state index contributed by atoms with van der Waals surface area (Å²) in [6, 6.07) is 8.74. The van der Waals surface area contributed by atoms with Crippen molar-refractivity contribution in [3.8, 4) is 0 Å². The quantitative estimate of drug-likeness (QED) is 0.507. The molecule has 2 aliphatic carbocycles. The Labute approximate surface area is 160 Å². The first-order valence-corrected chi connectivity index (χ1v) is 10.5. The Balaban J connectivity index is 1.60. The van der Waals surface area contributed by atoms with Crippen LogP contribution in [0.25, 0.3) is 6.08 Å². The van der Waals surface area contributed by atoms with Crippen LogP contribution in [0.15, 0.2) is 46.3 Å². The number of aromatic amines is 1. The summed E-state index contributed by atoms with van der Waals surface area (Å²) in [6.07, 6.45) is 7.80. The van der Waals surface area contributed by atoms with Crippen molar-refractivity contribution in [2.24, 2.45) is 11.1 Å². The van der Waals surface area contributed by atoms with Gasteiger partial charge in [0.1, 0.15) is 18.5 Å². The molecule has 0 radical (unpaired) electrons. The molecular formula is C20H19N3OS2. The largest absolute Gasteiger partial charge is 0.399 e. The van der Waals surface area contributed by atoms with Crippen molar-refractivity contribution in [3.05, 3.63) is 67.8 Å². The van der Waals surface area contributed by atoms with E-state index in [0.29, 0.717) is 5.92 Å². The molecule has 0 aromatic carbocycles. The van der Waals surface area contributed by atoms with Crippen molar-refractivity contribution in [3.63, 3.8) is 0 Å². The van der Waals surface area contributed by atoms with E-state index in [2.05, 4.69) is 62.5 Å². The molecule has 0 spiro atoms. The number of hydrogen-bond acceptors (Lipinski definition) is 5. The van der Waals surface area contributed by atoms with E-state index in [4.69, 9.17) is 4.84 Å². The third-order valence-corrected chi connectivity index (χ3v) is 7.29. The molecule has 3 aromatic rings. The van der Waals surface area contributed by atoms with Gasteiger partial charge in [-0.3, -0.25) is 5.10 Å². The number of H-pyrrole nitrogens is 1. The zero-order valence-electron chi connectivity index (χ0n) is 14.4. The van der Waals surface area contributed by atoms with Gasteiger partial charge >= 0.3 is 0 Å². The third kappa shape index (κ3) is 2.47. The second-order valence-electron chi connectivity index (χ2n) is 6.83. The van der Waals surface area contributed by atoms with Gasteiger partial charge in [0.25, 0.3) is 0 Å². The lowest BCUT2D eigenvalue weighted by atomic mass is 9.75. The molecule has 6 heteroatoms. The molecule has 5 rings (SSSR count). The lowest BCUT2D eigenvalue weighted by Gasteiger charge is -2.31. The van der Waals surface area contributed by atoms with Crippen LogP contribution in [0.1, 0.15) is 39.5 Å². The molecule has 3 aromatic heterocycles. The van der Waals surface area contributed by atoms with Crippen LogP contribution in [0, 0.1) is 5.92 Å². The molecule has 1 saturated carbocycles. The third-order valence-electron chi connectivity index (χ3n) is 5.19. The van der Waals surface area contributed by atoms with Crippen molar-refractivity contribution in [2.75, 3.05) is 7.11 Å². The number of nitrogens with one attached hydrogen (secondary N) is 1. The van der Waals surface area contributed by atoms with Crippen LogP contribution in [0.3, 0.4) is 0 Å². The van der Waals surface area contributed by atoms with Crippen molar-refractivity contribution >= 4 is 34.5 Å². The fourth-order valence-corrected chi connectivity index (χ4v) is 5.66. The molecular weight excluding hydrogens is 362 g/mol. The maximum atomic E-state index is 5.09. The lowest BCUT2D eigenvalue weighted by molar-refractivity contribution is 0.212. The molecule has 0 aliphatic heterocycles. The highest BCUT2D eigenvalue weighted by Gasteiger charge is 2.40. The zero-order valence-corrected chi connectivity index (χ0v) is 16.1. The van der Waals surface area contributed by atoms with E-state index in [1.165, 1.54) is 28.3 Å². The van der Waals surface area contributed by atoms with Crippen LogP contribution in [-0.2, 0) is 16.7 Å². The fraction of sp³-hybridized carbons (Fsp3) is 0.300. The molecule has 0 bridgehead atoms. The smallest absolute Gasteiger partial charge is 0.117 e. The minimum Gasteiger partial charge on any atom is -0.399 e. The molecule has 26 heavy (non-hydrogen) atoms. The van der Waals surface area contributed by atoms with E-state index in [-0.39, 0.29) is 5.41 Å². The topological polar surface area (TPSA) is 50.3 Å². The predicted molar refractivity (Wildman–Crippen MR) is 107 cm³/mol. The van der Waals surface area contributed by atoms with Gasteiger partial charge in [0.2, 0.25) is 0 Å². The molecule has 2 aliphatic rings. The average Bonchev–Trinajstić information content (AvgIpc) is 3.12. The summed E-state index contributed by atoms with van der Waals surface area (Å²) in [5, 5.41) is 16.5. The summed E-state index contributed by atoms with van der Waals surface area (Å²) in [4.78, 5) is 7.83.